The monoisotopic (exact) mass is 444 g/mol. The molecule has 0 atom stereocenters. The Balaban J connectivity index is 1.50. The van der Waals surface area contributed by atoms with Gasteiger partial charge in [-0.2, -0.15) is 0 Å². The van der Waals surface area contributed by atoms with Gasteiger partial charge in [-0.3, -0.25) is 4.79 Å². The normalized spacial score (nSPS) is 11.3. The molecule has 0 unspecified atom stereocenters. The average molecular weight is 445 g/mol. The molecule has 0 saturated carbocycles. The van der Waals surface area contributed by atoms with Crippen molar-refractivity contribution < 1.29 is 13.2 Å². The number of rotatable bonds is 6. The number of nitrogens with one attached hydrogen (secondary N) is 2. The van der Waals surface area contributed by atoms with Crippen LogP contribution in [0.1, 0.15) is 11.1 Å². The molecule has 5 nitrogen and oxygen atoms in total. The van der Waals surface area contributed by atoms with Gasteiger partial charge >= 0.3 is 0 Å². The lowest BCUT2D eigenvalue weighted by Gasteiger charge is -2.16. The molecule has 32 heavy (non-hydrogen) atoms. The highest BCUT2D eigenvalue weighted by atomic mass is 32.2. The number of anilines is 2. The zero-order valence-electron chi connectivity index (χ0n) is 17.9. The van der Waals surface area contributed by atoms with E-state index in [1.807, 2.05) is 49.4 Å². The van der Waals surface area contributed by atoms with Gasteiger partial charge in [0, 0.05) is 16.8 Å². The topological polar surface area (TPSA) is 75.3 Å². The van der Waals surface area contributed by atoms with E-state index in [9.17, 15) is 13.2 Å². The van der Waals surface area contributed by atoms with Crippen LogP contribution in [-0.4, -0.2) is 20.9 Å². The molecule has 0 aliphatic rings. The summed E-state index contributed by atoms with van der Waals surface area (Å²) in [4.78, 5) is 13.1. The van der Waals surface area contributed by atoms with Gasteiger partial charge in [0.05, 0.1) is 16.3 Å². The molecule has 0 fully saturated rings. The van der Waals surface area contributed by atoms with E-state index >= 15 is 0 Å². The third-order valence-electron chi connectivity index (χ3n) is 5.58. The van der Waals surface area contributed by atoms with Gasteiger partial charge in [-0.05, 0) is 60.7 Å². The van der Waals surface area contributed by atoms with Gasteiger partial charge in [0.2, 0.25) is 15.7 Å². The number of fused-ring (bicyclic) bond motifs is 1. The highest BCUT2D eigenvalue weighted by Crippen LogP contribution is 2.29. The molecule has 0 radical (unpaired) electrons. The van der Waals surface area contributed by atoms with Crippen molar-refractivity contribution in [2.24, 2.45) is 0 Å². The zero-order chi connectivity index (χ0) is 22.7. The molecular formula is C26H24N2O3S. The minimum atomic E-state index is -3.61. The van der Waals surface area contributed by atoms with Crippen LogP contribution in [0.2, 0.25) is 0 Å². The predicted octanol–water partition coefficient (Wildman–Crippen LogP) is 5.34. The lowest BCUT2D eigenvalue weighted by Crippen LogP contribution is -2.22. The Hall–Kier alpha value is -3.64. The smallest absolute Gasteiger partial charge is 0.243 e. The number of hydrogen-bond donors (Lipinski definition) is 2. The van der Waals surface area contributed by atoms with E-state index in [1.165, 1.54) is 0 Å². The maximum absolute atomic E-state index is 13.0. The van der Waals surface area contributed by atoms with Gasteiger partial charge in [0.1, 0.15) is 0 Å². The second-order valence-corrected chi connectivity index (χ2v) is 9.52. The highest BCUT2D eigenvalue weighted by molar-refractivity contribution is 7.91. The van der Waals surface area contributed by atoms with Crippen LogP contribution in [0.25, 0.3) is 10.8 Å². The van der Waals surface area contributed by atoms with Crippen molar-refractivity contribution >= 4 is 37.9 Å². The van der Waals surface area contributed by atoms with Crippen molar-refractivity contribution in [2.45, 2.75) is 23.6 Å². The van der Waals surface area contributed by atoms with Crippen molar-refractivity contribution in [1.82, 2.24) is 0 Å². The van der Waals surface area contributed by atoms with Crippen LogP contribution in [0.5, 0.6) is 0 Å². The Morgan fingerprint density at radius 3 is 2.22 bits per heavy atom. The molecule has 2 N–H and O–H groups in total. The number of benzene rings is 4. The van der Waals surface area contributed by atoms with Crippen LogP contribution in [-0.2, 0) is 14.6 Å². The van der Waals surface area contributed by atoms with E-state index in [0.29, 0.717) is 5.56 Å². The van der Waals surface area contributed by atoms with Crippen molar-refractivity contribution in [1.29, 1.82) is 0 Å². The summed E-state index contributed by atoms with van der Waals surface area (Å²) in [7, 11) is -3.61. The molecule has 1 amide bonds. The van der Waals surface area contributed by atoms with Crippen LogP contribution in [0.4, 0.5) is 11.4 Å². The summed E-state index contributed by atoms with van der Waals surface area (Å²) >= 11 is 0. The Kier molecular flexibility index (Phi) is 5.97. The third kappa shape index (κ3) is 4.22. The van der Waals surface area contributed by atoms with Gasteiger partial charge in [0.15, 0.2) is 0 Å². The molecule has 4 rings (SSSR count). The first-order valence-electron chi connectivity index (χ1n) is 10.3. The van der Waals surface area contributed by atoms with Gasteiger partial charge in [-0.1, -0.05) is 54.6 Å². The molecule has 6 heteroatoms. The van der Waals surface area contributed by atoms with E-state index in [0.717, 1.165) is 27.7 Å². The Morgan fingerprint density at radius 2 is 1.44 bits per heavy atom. The van der Waals surface area contributed by atoms with Gasteiger partial charge < -0.3 is 10.6 Å². The summed E-state index contributed by atoms with van der Waals surface area (Å²) in [5.74, 6) is -0.181. The molecule has 0 spiro atoms. The lowest BCUT2D eigenvalue weighted by molar-refractivity contribution is -0.114. The molecular weight excluding hydrogens is 420 g/mol. The van der Waals surface area contributed by atoms with E-state index in [-0.39, 0.29) is 22.2 Å². The number of carbonyl (C=O) groups excluding carboxylic acids is 1. The van der Waals surface area contributed by atoms with Gasteiger partial charge in [-0.15, -0.1) is 0 Å². The third-order valence-corrected chi connectivity index (χ3v) is 7.50. The molecule has 0 aliphatic heterocycles. The second-order valence-electron chi connectivity index (χ2n) is 7.61. The van der Waals surface area contributed by atoms with E-state index < -0.39 is 9.84 Å². The number of amides is 1. The fourth-order valence-electron chi connectivity index (χ4n) is 3.71. The molecule has 162 valence electrons. The van der Waals surface area contributed by atoms with E-state index in [1.54, 1.807) is 49.4 Å². The summed E-state index contributed by atoms with van der Waals surface area (Å²) in [5.41, 5.74) is 2.93. The zero-order valence-corrected chi connectivity index (χ0v) is 18.7. The maximum Gasteiger partial charge on any atom is 0.243 e. The van der Waals surface area contributed by atoms with Crippen molar-refractivity contribution in [3.05, 3.63) is 96.1 Å². The standard InChI is InChI=1S/C26H24N2O3S/c1-18-19(2)25(32(30,31)21-11-4-3-5-12-21)16-15-23(18)27-17-26(29)28-24-14-8-10-20-9-6-7-13-22(20)24/h3-16,27H,17H2,1-2H3,(H,28,29). The average Bonchev–Trinajstić information content (AvgIpc) is 2.81. The quantitative estimate of drug-likeness (QED) is 0.421. The molecule has 0 heterocycles. The first-order valence-corrected chi connectivity index (χ1v) is 11.8. The minimum absolute atomic E-state index is 0.0638. The van der Waals surface area contributed by atoms with Crippen LogP contribution < -0.4 is 10.6 Å². The molecule has 0 aliphatic carbocycles. The van der Waals surface area contributed by atoms with Crippen LogP contribution in [0.15, 0.2) is 94.7 Å². The number of sulfone groups is 1. The first-order chi connectivity index (χ1) is 15.4. The molecule has 0 bridgehead atoms. The molecule has 4 aromatic carbocycles. The summed E-state index contributed by atoms with van der Waals surface area (Å²) in [6.07, 6.45) is 0. The highest BCUT2D eigenvalue weighted by Gasteiger charge is 2.21. The number of carbonyl (C=O) groups is 1. The summed E-state index contributed by atoms with van der Waals surface area (Å²) < 4.78 is 26.0. The lowest BCUT2D eigenvalue weighted by atomic mass is 10.1. The Labute approximate surface area is 188 Å². The van der Waals surface area contributed by atoms with E-state index in [4.69, 9.17) is 0 Å². The fraction of sp³-hybridized carbons (Fsp3) is 0.115. The Morgan fingerprint density at radius 1 is 0.750 bits per heavy atom. The van der Waals surface area contributed by atoms with Gasteiger partial charge in [-0.25, -0.2) is 8.42 Å². The number of hydrogen-bond acceptors (Lipinski definition) is 4. The summed E-state index contributed by atoms with van der Waals surface area (Å²) in [6.45, 7) is 3.70. The Bertz CT molecular complexity index is 1390. The largest absolute Gasteiger partial charge is 0.376 e. The molecule has 0 saturated heterocycles. The van der Waals surface area contributed by atoms with Crippen LogP contribution >= 0.6 is 0 Å². The first kappa shape index (κ1) is 21.6. The predicted molar refractivity (Wildman–Crippen MR) is 129 cm³/mol. The van der Waals surface area contributed by atoms with Crippen molar-refractivity contribution in [3.63, 3.8) is 0 Å². The molecule has 4 aromatic rings. The van der Waals surface area contributed by atoms with Crippen LogP contribution in [0.3, 0.4) is 0 Å². The SMILES string of the molecule is Cc1c(NCC(=O)Nc2cccc3ccccc23)ccc(S(=O)(=O)c2ccccc2)c1C. The van der Waals surface area contributed by atoms with Crippen molar-refractivity contribution in [2.75, 3.05) is 17.2 Å². The van der Waals surface area contributed by atoms with Crippen LogP contribution in [0, 0.1) is 13.8 Å². The summed E-state index contributed by atoms with van der Waals surface area (Å²) in [5, 5.41) is 8.12. The van der Waals surface area contributed by atoms with E-state index in [2.05, 4.69) is 10.6 Å². The maximum atomic E-state index is 13.0. The minimum Gasteiger partial charge on any atom is -0.376 e. The van der Waals surface area contributed by atoms with Gasteiger partial charge in [0.25, 0.3) is 0 Å². The summed E-state index contributed by atoms with van der Waals surface area (Å²) in [6, 6.07) is 25.3. The second kappa shape index (κ2) is 8.85. The fourth-order valence-corrected chi connectivity index (χ4v) is 5.28. The molecule has 0 aromatic heterocycles. The van der Waals surface area contributed by atoms with Crippen molar-refractivity contribution in [3.8, 4) is 0 Å².